The summed E-state index contributed by atoms with van der Waals surface area (Å²) >= 11 is 0. The van der Waals surface area contributed by atoms with Crippen molar-refractivity contribution in [3.8, 4) is 17.2 Å². The van der Waals surface area contributed by atoms with Crippen LogP contribution in [-0.2, 0) is 20.6 Å². The van der Waals surface area contributed by atoms with E-state index in [2.05, 4.69) is 71.9 Å². The molecule has 0 N–H and O–H groups in total. The fraction of sp³-hybridized carbons (Fsp3) is 0.679. The number of ether oxygens (including phenoxy) is 2. The topological polar surface area (TPSA) is 44.8 Å². The molecule has 1 rings (SSSR count). The van der Waals surface area contributed by atoms with Gasteiger partial charge in [-0.15, -0.1) is 5.54 Å². The third-order valence-electron chi connectivity index (χ3n) is 6.54. The van der Waals surface area contributed by atoms with Crippen molar-refractivity contribution in [1.82, 2.24) is 0 Å². The fourth-order valence-corrected chi connectivity index (χ4v) is 5.69. The predicted molar refractivity (Wildman–Crippen MR) is 149 cm³/mol. The standard InChI is InChI=1S/C28H48O4Si2/c1-11-12-19-28(20-13-21-29,32-34(9,10)27(2,3)4)26(18-22-33(6,7)8)31-23-24-14-16-25(30-5)17-15-24/h14-17,21,26H,11-13,19-20,23H2,1-10H3/t26-,28+/m0/s1. The first-order valence-corrected chi connectivity index (χ1v) is 19.0. The molecular weight excluding hydrogens is 456 g/mol. The Hall–Kier alpha value is -1.40. The summed E-state index contributed by atoms with van der Waals surface area (Å²) in [4.78, 5) is 11.5. The van der Waals surface area contributed by atoms with Crippen molar-refractivity contribution in [2.45, 2.75) is 116 Å². The van der Waals surface area contributed by atoms with E-state index in [-0.39, 0.29) is 5.04 Å². The van der Waals surface area contributed by atoms with E-state index in [1.54, 1.807) is 7.11 Å². The summed E-state index contributed by atoms with van der Waals surface area (Å²) in [6, 6.07) is 7.94. The van der Waals surface area contributed by atoms with Gasteiger partial charge in [-0.05, 0) is 48.7 Å². The van der Waals surface area contributed by atoms with Crippen LogP contribution < -0.4 is 4.74 Å². The molecule has 1 aromatic carbocycles. The van der Waals surface area contributed by atoms with Crippen LogP contribution in [0.1, 0.15) is 65.4 Å². The van der Waals surface area contributed by atoms with Gasteiger partial charge in [-0.1, -0.05) is 78.2 Å². The Morgan fingerprint density at radius 3 is 2.12 bits per heavy atom. The SMILES string of the molecule is CCCC[C@](CCC=O)(O[Si](C)(C)C(C)(C)C)[C@H](C#C[Si](C)(C)C)OCc1ccc(OC)cc1. The summed E-state index contributed by atoms with van der Waals surface area (Å²) in [6.45, 7) is 20.7. The first-order valence-electron chi connectivity index (χ1n) is 12.6. The molecule has 0 saturated heterocycles. The van der Waals surface area contributed by atoms with Crippen molar-refractivity contribution in [3.63, 3.8) is 0 Å². The summed E-state index contributed by atoms with van der Waals surface area (Å²) in [5.74, 6) is 4.35. The highest BCUT2D eigenvalue weighted by atomic mass is 28.4. The average Bonchev–Trinajstić information content (AvgIpc) is 2.74. The lowest BCUT2D eigenvalue weighted by Gasteiger charge is -2.48. The first kappa shape index (κ1) is 30.6. The number of carbonyl (C=O) groups is 1. The third kappa shape index (κ3) is 9.69. The molecule has 4 nitrogen and oxygen atoms in total. The lowest BCUT2D eigenvalue weighted by molar-refractivity contribution is -0.113. The number of hydrogen-bond donors (Lipinski definition) is 0. The summed E-state index contributed by atoms with van der Waals surface area (Å²) < 4.78 is 19.1. The van der Waals surface area contributed by atoms with Crippen molar-refractivity contribution in [1.29, 1.82) is 0 Å². The molecule has 6 heteroatoms. The second-order valence-corrected chi connectivity index (χ2v) is 21.3. The molecule has 0 aliphatic carbocycles. The molecule has 0 aliphatic heterocycles. The quantitative estimate of drug-likeness (QED) is 0.160. The van der Waals surface area contributed by atoms with Gasteiger partial charge in [0.05, 0.1) is 19.3 Å². The Labute approximate surface area is 211 Å². The summed E-state index contributed by atoms with van der Waals surface area (Å²) in [6.07, 6.45) is 4.55. The van der Waals surface area contributed by atoms with Crippen molar-refractivity contribution >= 4 is 22.7 Å². The molecule has 0 unspecified atom stereocenters. The number of unbranched alkanes of at least 4 members (excludes halogenated alkanes) is 1. The number of carbonyl (C=O) groups excluding carboxylic acids is 1. The van der Waals surface area contributed by atoms with E-state index in [0.717, 1.165) is 36.9 Å². The Bertz CT molecular complexity index is 810. The van der Waals surface area contributed by atoms with E-state index in [9.17, 15) is 4.79 Å². The van der Waals surface area contributed by atoms with Gasteiger partial charge >= 0.3 is 0 Å². The van der Waals surface area contributed by atoms with E-state index in [1.807, 2.05) is 24.3 Å². The van der Waals surface area contributed by atoms with Crippen molar-refractivity contribution < 1.29 is 18.7 Å². The Morgan fingerprint density at radius 1 is 1.03 bits per heavy atom. The Morgan fingerprint density at radius 2 is 1.65 bits per heavy atom. The van der Waals surface area contributed by atoms with Crippen LogP contribution >= 0.6 is 0 Å². The number of benzene rings is 1. The minimum atomic E-state index is -2.17. The van der Waals surface area contributed by atoms with Crippen molar-refractivity contribution in [2.24, 2.45) is 0 Å². The van der Waals surface area contributed by atoms with Gasteiger partial charge in [0.25, 0.3) is 0 Å². The minimum Gasteiger partial charge on any atom is -0.497 e. The summed E-state index contributed by atoms with van der Waals surface area (Å²) in [7, 11) is -2.15. The van der Waals surface area contributed by atoms with E-state index < -0.39 is 28.1 Å². The maximum Gasteiger partial charge on any atom is 0.193 e. The number of rotatable bonds is 13. The van der Waals surface area contributed by atoms with Gasteiger partial charge in [0, 0.05) is 6.42 Å². The molecule has 1 aromatic rings. The molecule has 0 bridgehead atoms. The fourth-order valence-electron chi connectivity index (χ4n) is 3.49. The van der Waals surface area contributed by atoms with Crippen molar-refractivity contribution in [3.05, 3.63) is 29.8 Å². The van der Waals surface area contributed by atoms with Gasteiger partial charge in [-0.3, -0.25) is 0 Å². The van der Waals surface area contributed by atoms with Crippen LogP contribution in [0.3, 0.4) is 0 Å². The molecule has 0 spiro atoms. The van der Waals surface area contributed by atoms with Crippen LogP contribution in [-0.4, -0.2) is 41.5 Å². The van der Waals surface area contributed by atoms with Gasteiger partial charge in [0.2, 0.25) is 0 Å². The first-order chi connectivity index (χ1) is 15.7. The van der Waals surface area contributed by atoms with Crippen LogP contribution in [0, 0.1) is 11.5 Å². The van der Waals surface area contributed by atoms with E-state index >= 15 is 0 Å². The van der Waals surface area contributed by atoms with E-state index in [0.29, 0.717) is 19.4 Å². The zero-order valence-electron chi connectivity index (χ0n) is 23.3. The molecular formula is C28H48O4Si2. The maximum absolute atomic E-state index is 11.5. The van der Waals surface area contributed by atoms with Crippen LogP contribution in [0.5, 0.6) is 5.75 Å². The third-order valence-corrected chi connectivity index (χ3v) is 12.0. The monoisotopic (exact) mass is 504 g/mol. The molecule has 192 valence electrons. The highest BCUT2D eigenvalue weighted by molar-refractivity contribution is 6.83. The number of hydrogen-bond acceptors (Lipinski definition) is 4. The lowest BCUT2D eigenvalue weighted by Crippen LogP contribution is -2.55. The highest BCUT2D eigenvalue weighted by Gasteiger charge is 2.48. The summed E-state index contributed by atoms with van der Waals surface area (Å²) in [5.41, 5.74) is 4.00. The molecule has 0 aliphatic rings. The Kier molecular flexibility index (Phi) is 11.8. The average molecular weight is 505 g/mol. The van der Waals surface area contributed by atoms with Gasteiger partial charge in [-0.25, -0.2) is 0 Å². The lowest BCUT2D eigenvalue weighted by atomic mass is 9.86. The van der Waals surface area contributed by atoms with Gasteiger partial charge in [-0.2, -0.15) is 0 Å². The largest absolute Gasteiger partial charge is 0.497 e. The van der Waals surface area contributed by atoms with Crippen LogP contribution in [0.4, 0.5) is 0 Å². The van der Waals surface area contributed by atoms with Crippen molar-refractivity contribution in [2.75, 3.05) is 7.11 Å². The number of aldehydes is 1. The van der Waals surface area contributed by atoms with E-state index in [4.69, 9.17) is 13.9 Å². The second kappa shape index (κ2) is 13.1. The molecule has 0 radical (unpaired) electrons. The second-order valence-electron chi connectivity index (χ2n) is 11.8. The van der Waals surface area contributed by atoms with Gasteiger partial charge < -0.3 is 18.7 Å². The van der Waals surface area contributed by atoms with Gasteiger partial charge in [0.1, 0.15) is 26.2 Å². The summed E-state index contributed by atoms with van der Waals surface area (Å²) in [5, 5.41) is 0.0401. The van der Waals surface area contributed by atoms with E-state index in [1.165, 1.54) is 0 Å². The molecule has 0 saturated carbocycles. The smallest absolute Gasteiger partial charge is 0.193 e. The minimum absolute atomic E-state index is 0.0401. The molecule has 2 atom stereocenters. The normalized spacial score (nSPS) is 15.1. The molecule has 0 heterocycles. The highest BCUT2D eigenvalue weighted by Crippen LogP contribution is 2.43. The predicted octanol–water partition coefficient (Wildman–Crippen LogP) is 7.39. The zero-order chi connectivity index (χ0) is 26.0. The maximum atomic E-state index is 11.5. The molecule has 0 fully saturated rings. The Balaban J connectivity index is 3.50. The molecule has 0 aromatic heterocycles. The zero-order valence-corrected chi connectivity index (χ0v) is 25.3. The number of methoxy groups -OCH3 is 1. The molecule has 0 amide bonds. The van der Waals surface area contributed by atoms with Gasteiger partial charge in [0.15, 0.2) is 8.32 Å². The van der Waals surface area contributed by atoms with Crippen LogP contribution in [0.25, 0.3) is 0 Å². The molecule has 34 heavy (non-hydrogen) atoms. The van der Waals surface area contributed by atoms with Crippen LogP contribution in [0.15, 0.2) is 24.3 Å². The van der Waals surface area contributed by atoms with Crippen LogP contribution in [0.2, 0.25) is 37.8 Å².